The third-order valence-electron chi connectivity index (χ3n) is 3.12. The van der Waals surface area contributed by atoms with Gasteiger partial charge in [-0.2, -0.15) is 0 Å². The van der Waals surface area contributed by atoms with E-state index in [9.17, 15) is 8.78 Å². The largest absolute Gasteiger partial charge is 0.380 e. The normalized spacial score (nSPS) is 20.9. The molecule has 18 heavy (non-hydrogen) atoms. The summed E-state index contributed by atoms with van der Waals surface area (Å²) in [5.41, 5.74) is 0.314. The minimum Gasteiger partial charge on any atom is -0.380 e. The van der Waals surface area contributed by atoms with Gasteiger partial charge in [-0.1, -0.05) is 6.92 Å². The third kappa shape index (κ3) is 3.40. The van der Waals surface area contributed by atoms with Crippen LogP contribution in [-0.2, 0) is 4.74 Å². The van der Waals surface area contributed by atoms with Crippen LogP contribution in [-0.4, -0.2) is 43.8 Å². The molecule has 1 aliphatic rings. The van der Waals surface area contributed by atoms with Crippen molar-refractivity contribution in [3.63, 3.8) is 0 Å². The maximum Gasteiger partial charge on any atom is 0.149 e. The Kier molecular flexibility index (Phi) is 4.49. The van der Waals surface area contributed by atoms with E-state index in [-0.39, 0.29) is 6.10 Å². The molecule has 1 saturated heterocycles. The zero-order chi connectivity index (χ0) is 13.0. The number of nitrogens with one attached hydrogen (secondary N) is 1. The molecule has 1 atom stereocenters. The monoisotopic (exact) mass is 256 g/mol. The predicted octanol–water partition coefficient (Wildman–Crippen LogP) is 2.10. The van der Waals surface area contributed by atoms with Gasteiger partial charge >= 0.3 is 0 Å². The van der Waals surface area contributed by atoms with Crippen molar-refractivity contribution in [3.8, 4) is 0 Å². The SMILES string of the molecule is CCN1CCOC(CNc2ccc(F)cc2F)C1. The summed E-state index contributed by atoms with van der Waals surface area (Å²) in [6.07, 6.45) is 0.0446. The summed E-state index contributed by atoms with van der Waals surface area (Å²) in [6, 6.07) is 3.53. The molecule has 1 heterocycles. The minimum atomic E-state index is -0.571. The van der Waals surface area contributed by atoms with Crippen molar-refractivity contribution in [2.45, 2.75) is 13.0 Å². The smallest absolute Gasteiger partial charge is 0.149 e. The molecule has 100 valence electrons. The Hall–Kier alpha value is -1.20. The van der Waals surface area contributed by atoms with Crippen molar-refractivity contribution in [2.24, 2.45) is 0 Å². The van der Waals surface area contributed by atoms with Gasteiger partial charge in [0.05, 0.1) is 18.4 Å². The second kappa shape index (κ2) is 6.11. The highest BCUT2D eigenvalue weighted by molar-refractivity contribution is 5.44. The van der Waals surface area contributed by atoms with Gasteiger partial charge in [0.2, 0.25) is 0 Å². The van der Waals surface area contributed by atoms with Crippen molar-refractivity contribution in [2.75, 3.05) is 38.1 Å². The van der Waals surface area contributed by atoms with Crippen LogP contribution in [0.1, 0.15) is 6.92 Å². The molecule has 1 aromatic rings. The van der Waals surface area contributed by atoms with Gasteiger partial charge in [-0.15, -0.1) is 0 Å². The van der Waals surface area contributed by atoms with Gasteiger partial charge in [-0.3, -0.25) is 4.90 Å². The van der Waals surface area contributed by atoms with Crippen molar-refractivity contribution < 1.29 is 13.5 Å². The number of nitrogens with zero attached hydrogens (tertiary/aromatic N) is 1. The highest BCUT2D eigenvalue weighted by atomic mass is 19.1. The number of hydrogen-bond acceptors (Lipinski definition) is 3. The molecule has 0 bridgehead atoms. The molecule has 3 nitrogen and oxygen atoms in total. The highest BCUT2D eigenvalue weighted by Crippen LogP contribution is 2.15. The summed E-state index contributed by atoms with van der Waals surface area (Å²) < 4.78 is 31.7. The van der Waals surface area contributed by atoms with Gasteiger partial charge in [-0.25, -0.2) is 8.78 Å². The van der Waals surface area contributed by atoms with Crippen molar-refractivity contribution >= 4 is 5.69 Å². The average Bonchev–Trinajstić information content (AvgIpc) is 2.38. The summed E-state index contributed by atoms with van der Waals surface area (Å²) in [6.45, 7) is 6.11. The molecule has 0 spiro atoms. The molecule has 0 aliphatic carbocycles. The first kappa shape index (κ1) is 13.2. The van der Waals surface area contributed by atoms with Crippen LogP contribution in [0.15, 0.2) is 18.2 Å². The lowest BCUT2D eigenvalue weighted by Gasteiger charge is -2.32. The fourth-order valence-electron chi connectivity index (χ4n) is 2.05. The molecule has 0 saturated carbocycles. The Bertz CT molecular complexity index is 401. The summed E-state index contributed by atoms with van der Waals surface area (Å²) in [5, 5.41) is 2.96. The fraction of sp³-hybridized carbons (Fsp3) is 0.538. The predicted molar refractivity (Wildman–Crippen MR) is 66.7 cm³/mol. The molecular formula is C13H18F2N2O. The van der Waals surface area contributed by atoms with E-state index >= 15 is 0 Å². The quantitative estimate of drug-likeness (QED) is 0.893. The molecule has 0 aromatic heterocycles. The topological polar surface area (TPSA) is 24.5 Å². The number of hydrogen-bond donors (Lipinski definition) is 1. The molecule has 0 radical (unpaired) electrons. The van der Waals surface area contributed by atoms with Gasteiger partial charge in [0, 0.05) is 25.7 Å². The maximum atomic E-state index is 13.4. The maximum absolute atomic E-state index is 13.4. The number of halogens is 2. The van der Waals surface area contributed by atoms with E-state index in [1.54, 1.807) is 0 Å². The van der Waals surface area contributed by atoms with Gasteiger partial charge in [0.25, 0.3) is 0 Å². The number of morpholine rings is 1. The van der Waals surface area contributed by atoms with Crippen LogP contribution in [0.5, 0.6) is 0 Å². The van der Waals surface area contributed by atoms with E-state index in [1.165, 1.54) is 12.1 Å². The van der Waals surface area contributed by atoms with Crippen LogP contribution in [0.4, 0.5) is 14.5 Å². The Balaban J connectivity index is 1.87. The molecule has 1 unspecified atom stereocenters. The molecule has 5 heteroatoms. The molecular weight excluding hydrogens is 238 g/mol. The minimum absolute atomic E-state index is 0.0446. The summed E-state index contributed by atoms with van der Waals surface area (Å²) in [7, 11) is 0. The Morgan fingerprint density at radius 3 is 3.00 bits per heavy atom. The average molecular weight is 256 g/mol. The van der Waals surface area contributed by atoms with Crippen LogP contribution in [0.2, 0.25) is 0 Å². The Morgan fingerprint density at radius 1 is 1.44 bits per heavy atom. The van der Waals surface area contributed by atoms with E-state index in [2.05, 4.69) is 17.1 Å². The summed E-state index contributed by atoms with van der Waals surface area (Å²) >= 11 is 0. The van der Waals surface area contributed by atoms with Gasteiger partial charge in [0.1, 0.15) is 11.6 Å². The van der Waals surface area contributed by atoms with Crippen molar-refractivity contribution in [3.05, 3.63) is 29.8 Å². The van der Waals surface area contributed by atoms with Crippen LogP contribution in [0, 0.1) is 11.6 Å². The molecule has 2 rings (SSSR count). The first-order chi connectivity index (χ1) is 8.69. The Morgan fingerprint density at radius 2 is 2.28 bits per heavy atom. The molecule has 1 fully saturated rings. The van der Waals surface area contributed by atoms with E-state index in [0.717, 1.165) is 25.7 Å². The third-order valence-corrected chi connectivity index (χ3v) is 3.12. The lowest BCUT2D eigenvalue weighted by atomic mass is 10.2. The number of likely N-dealkylation sites (N-methyl/N-ethyl adjacent to an activating group) is 1. The zero-order valence-electron chi connectivity index (χ0n) is 10.5. The number of ether oxygens (including phenoxy) is 1. The number of anilines is 1. The second-order valence-corrected chi connectivity index (χ2v) is 4.39. The second-order valence-electron chi connectivity index (χ2n) is 4.39. The fourth-order valence-corrected chi connectivity index (χ4v) is 2.05. The van der Waals surface area contributed by atoms with Crippen molar-refractivity contribution in [1.29, 1.82) is 0 Å². The zero-order valence-corrected chi connectivity index (χ0v) is 10.5. The lowest BCUT2D eigenvalue weighted by molar-refractivity contribution is -0.0192. The van der Waals surface area contributed by atoms with Gasteiger partial charge in [-0.05, 0) is 18.7 Å². The van der Waals surface area contributed by atoms with E-state index in [4.69, 9.17) is 4.74 Å². The van der Waals surface area contributed by atoms with Gasteiger partial charge < -0.3 is 10.1 Å². The van der Waals surface area contributed by atoms with Crippen LogP contribution >= 0.6 is 0 Å². The summed E-state index contributed by atoms with van der Waals surface area (Å²) in [4.78, 5) is 2.29. The first-order valence-electron chi connectivity index (χ1n) is 6.22. The molecule has 1 aromatic carbocycles. The van der Waals surface area contributed by atoms with Crippen molar-refractivity contribution in [1.82, 2.24) is 4.90 Å². The Labute approximate surface area is 106 Å². The lowest BCUT2D eigenvalue weighted by Crippen LogP contribution is -2.45. The number of rotatable bonds is 4. The first-order valence-corrected chi connectivity index (χ1v) is 6.22. The summed E-state index contributed by atoms with van der Waals surface area (Å²) in [5.74, 6) is -1.14. The molecule has 1 N–H and O–H groups in total. The van der Waals surface area contributed by atoms with Gasteiger partial charge in [0.15, 0.2) is 0 Å². The van der Waals surface area contributed by atoms with Crippen LogP contribution < -0.4 is 5.32 Å². The highest BCUT2D eigenvalue weighted by Gasteiger charge is 2.19. The van der Waals surface area contributed by atoms with E-state index in [1.807, 2.05) is 0 Å². The molecule has 1 aliphatic heterocycles. The van der Waals surface area contributed by atoms with E-state index in [0.29, 0.717) is 18.8 Å². The van der Waals surface area contributed by atoms with Crippen LogP contribution in [0.25, 0.3) is 0 Å². The number of benzene rings is 1. The molecule has 0 amide bonds. The standard InChI is InChI=1S/C13H18F2N2O/c1-2-17-5-6-18-11(9-17)8-16-13-4-3-10(14)7-12(13)15/h3-4,7,11,16H,2,5-6,8-9H2,1H3. The van der Waals surface area contributed by atoms with E-state index < -0.39 is 11.6 Å². The van der Waals surface area contributed by atoms with Crippen LogP contribution in [0.3, 0.4) is 0 Å².